The molecule has 0 saturated heterocycles. The molecule has 1 fully saturated rings. The minimum Gasteiger partial charge on any atom is -0.477 e. The zero-order chi connectivity index (χ0) is 13.1. The Morgan fingerprint density at radius 3 is 2.94 bits per heavy atom. The lowest BCUT2D eigenvalue weighted by Gasteiger charge is -2.27. The zero-order valence-corrected chi connectivity index (χ0v) is 10.5. The fraction of sp³-hybridized carbons (Fsp3) is 0.615. The van der Waals surface area contributed by atoms with Crippen molar-refractivity contribution in [3.63, 3.8) is 0 Å². The highest BCUT2D eigenvalue weighted by atomic mass is 16.4. The van der Waals surface area contributed by atoms with E-state index in [0.29, 0.717) is 11.7 Å². The highest BCUT2D eigenvalue weighted by Crippen LogP contribution is 2.35. The van der Waals surface area contributed by atoms with Gasteiger partial charge in [0.05, 0.1) is 0 Å². The summed E-state index contributed by atoms with van der Waals surface area (Å²) in [7, 11) is 0. The van der Waals surface area contributed by atoms with Crippen molar-refractivity contribution in [1.29, 1.82) is 0 Å². The van der Waals surface area contributed by atoms with Gasteiger partial charge in [-0.15, -0.1) is 0 Å². The van der Waals surface area contributed by atoms with Crippen LogP contribution in [0.5, 0.6) is 0 Å². The number of nitrogens with one attached hydrogen (secondary N) is 1. The number of carboxylic acid groups (broad SMARTS) is 1. The number of aromatic amines is 1. The Hall–Kier alpha value is -1.65. The fourth-order valence-electron chi connectivity index (χ4n) is 2.68. The predicted octanol–water partition coefficient (Wildman–Crippen LogP) is 2.15. The first-order chi connectivity index (χ1) is 8.61. The lowest BCUT2D eigenvalue weighted by atomic mass is 9.80. The van der Waals surface area contributed by atoms with Crippen LogP contribution in [0.3, 0.4) is 0 Å². The van der Waals surface area contributed by atoms with Crippen LogP contribution < -0.4 is 5.56 Å². The van der Waals surface area contributed by atoms with E-state index in [1.807, 2.05) is 0 Å². The maximum atomic E-state index is 11.6. The number of aromatic carboxylic acids is 1. The van der Waals surface area contributed by atoms with Crippen molar-refractivity contribution in [2.24, 2.45) is 5.92 Å². The molecule has 0 aliphatic heterocycles. The van der Waals surface area contributed by atoms with E-state index in [-0.39, 0.29) is 11.5 Å². The summed E-state index contributed by atoms with van der Waals surface area (Å²) < 4.78 is 0. The van der Waals surface area contributed by atoms with Crippen LogP contribution in [0.15, 0.2) is 11.0 Å². The molecule has 0 spiro atoms. The van der Waals surface area contributed by atoms with Crippen LogP contribution in [0.4, 0.5) is 0 Å². The molecule has 0 radical (unpaired) electrons. The van der Waals surface area contributed by atoms with Gasteiger partial charge in [-0.3, -0.25) is 4.79 Å². The number of carboxylic acids is 1. The molecule has 2 N–H and O–H groups in total. The summed E-state index contributed by atoms with van der Waals surface area (Å²) >= 11 is 0. The van der Waals surface area contributed by atoms with Gasteiger partial charge in [0.15, 0.2) is 0 Å². The second kappa shape index (κ2) is 5.33. The van der Waals surface area contributed by atoms with Gasteiger partial charge in [-0.05, 0) is 18.8 Å². The van der Waals surface area contributed by atoms with Crippen LogP contribution in [0.25, 0.3) is 0 Å². The van der Waals surface area contributed by atoms with Crippen LogP contribution in [0, 0.1) is 5.92 Å². The van der Waals surface area contributed by atoms with E-state index in [1.165, 1.54) is 12.6 Å². The first-order valence-electron chi connectivity index (χ1n) is 6.44. The Morgan fingerprint density at radius 2 is 2.33 bits per heavy atom. The topological polar surface area (TPSA) is 83.0 Å². The van der Waals surface area contributed by atoms with Gasteiger partial charge < -0.3 is 10.1 Å². The maximum absolute atomic E-state index is 11.6. The first kappa shape index (κ1) is 12.8. The molecular formula is C13H18N2O3. The van der Waals surface area contributed by atoms with Gasteiger partial charge in [0.2, 0.25) is 0 Å². The molecule has 1 aromatic rings. The number of nitrogens with zero attached hydrogens (tertiary/aromatic N) is 1. The second-order valence-corrected chi connectivity index (χ2v) is 4.95. The van der Waals surface area contributed by atoms with Gasteiger partial charge in [-0.1, -0.05) is 26.2 Å². The van der Waals surface area contributed by atoms with Gasteiger partial charge in [0.25, 0.3) is 5.56 Å². The average molecular weight is 250 g/mol. The highest BCUT2D eigenvalue weighted by molar-refractivity contribution is 5.86. The molecule has 0 bridgehead atoms. The Balaban J connectivity index is 2.21. The molecule has 18 heavy (non-hydrogen) atoms. The van der Waals surface area contributed by atoms with Crippen molar-refractivity contribution in [3.05, 3.63) is 27.9 Å². The Bertz CT molecular complexity index is 495. The van der Waals surface area contributed by atoms with E-state index in [4.69, 9.17) is 5.11 Å². The lowest BCUT2D eigenvalue weighted by Crippen LogP contribution is -2.23. The normalized spacial score (nSPS) is 23.8. The Labute approximate surface area is 105 Å². The molecule has 0 aromatic carbocycles. The standard InChI is InChI=1S/C13H18N2O3/c1-2-8-4-3-5-9(6-8)11-14-7-10(13(17)18)12(16)15-11/h7-9H,2-6H2,1H3,(H,17,18)(H,14,15,16). The van der Waals surface area contributed by atoms with E-state index in [1.54, 1.807) is 0 Å². The van der Waals surface area contributed by atoms with E-state index in [0.717, 1.165) is 25.7 Å². The molecular weight excluding hydrogens is 232 g/mol. The Morgan fingerprint density at radius 1 is 1.56 bits per heavy atom. The quantitative estimate of drug-likeness (QED) is 0.861. The molecule has 98 valence electrons. The molecule has 5 nitrogen and oxygen atoms in total. The van der Waals surface area contributed by atoms with Crippen molar-refractivity contribution < 1.29 is 9.90 Å². The third kappa shape index (κ3) is 2.60. The second-order valence-electron chi connectivity index (χ2n) is 4.95. The minimum atomic E-state index is -1.23. The van der Waals surface area contributed by atoms with Crippen molar-refractivity contribution in [3.8, 4) is 0 Å². The van der Waals surface area contributed by atoms with E-state index >= 15 is 0 Å². The third-order valence-electron chi connectivity index (χ3n) is 3.80. The predicted molar refractivity (Wildman–Crippen MR) is 66.8 cm³/mol. The minimum absolute atomic E-state index is 0.263. The maximum Gasteiger partial charge on any atom is 0.342 e. The summed E-state index contributed by atoms with van der Waals surface area (Å²) in [6, 6.07) is 0. The van der Waals surface area contributed by atoms with Gasteiger partial charge >= 0.3 is 5.97 Å². The Kier molecular flexibility index (Phi) is 3.79. The molecule has 1 heterocycles. The zero-order valence-electron chi connectivity index (χ0n) is 10.5. The van der Waals surface area contributed by atoms with Crippen molar-refractivity contribution in [1.82, 2.24) is 9.97 Å². The highest BCUT2D eigenvalue weighted by Gasteiger charge is 2.24. The number of H-pyrrole nitrogens is 1. The summed E-state index contributed by atoms with van der Waals surface area (Å²) in [5, 5.41) is 8.79. The lowest BCUT2D eigenvalue weighted by molar-refractivity contribution is 0.0694. The molecule has 2 unspecified atom stereocenters. The van der Waals surface area contributed by atoms with E-state index < -0.39 is 11.5 Å². The first-order valence-corrected chi connectivity index (χ1v) is 6.44. The van der Waals surface area contributed by atoms with E-state index in [9.17, 15) is 9.59 Å². The SMILES string of the molecule is CCC1CCCC(c2ncc(C(=O)O)c(=O)[nH]2)C1. The summed E-state index contributed by atoms with van der Waals surface area (Å²) in [6.45, 7) is 2.18. The van der Waals surface area contributed by atoms with Crippen LogP contribution in [-0.2, 0) is 0 Å². The van der Waals surface area contributed by atoms with Crippen LogP contribution >= 0.6 is 0 Å². The van der Waals surface area contributed by atoms with Gasteiger partial charge in [-0.2, -0.15) is 0 Å². The summed E-state index contributed by atoms with van der Waals surface area (Å²) in [5.41, 5.74) is -0.840. The number of aromatic nitrogens is 2. The molecule has 2 atom stereocenters. The molecule has 2 rings (SSSR count). The smallest absolute Gasteiger partial charge is 0.342 e. The average Bonchev–Trinajstić information content (AvgIpc) is 2.38. The molecule has 1 aromatic heterocycles. The summed E-state index contributed by atoms with van der Waals surface area (Å²) in [6.07, 6.45) is 6.76. The number of hydrogen-bond acceptors (Lipinski definition) is 3. The van der Waals surface area contributed by atoms with Crippen molar-refractivity contribution in [2.75, 3.05) is 0 Å². The number of hydrogen-bond donors (Lipinski definition) is 2. The van der Waals surface area contributed by atoms with Crippen molar-refractivity contribution >= 4 is 5.97 Å². The van der Waals surface area contributed by atoms with E-state index in [2.05, 4.69) is 16.9 Å². The molecule has 1 aliphatic carbocycles. The molecule has 1 aliphatic rings. The van der Waals surface area contributed by atoms with Gasteiger partial charge in [0, 0.05) is 12.1 Å². The van der Waals surface area contributed by atoms with Gasteiger partial charge in [-0.25, -0.2) is 9.78 Å². The fourth-order valence-corrected chi connectivity index (χ4v) is 2.68. The molecule has 0 amide bonds. The summed E-state index contributed by atoms with van der Waals surface area (Å²) in [5.74, 6) is 0.362. The van der Waals surface area contributed by atoms with Gasteiger partial charge in [0.1, 0.15) is 11.4 Å². The monoisotopic (exact) mass is 250 g/mol. The largest absolute Gasteiger partial charge is 0.477 e. The molecule has 1 saturated carbocycles. The van der Waals surface area contributed by atoms with Crippen LogP contribution in [0.2, 0.25) is 0 Å². The molecule has 5 heteroatoms. The van der Waals surface area contributed by atoms with Crippen LogP contribution in [-0.4, -0.2) is 21.0 Å². The number of rotatable bonds is 3. The number of carbonyl (C=O) groups is 1. The van der Waals surface area contributed by atoms with Crippen LogP contribution in [0.1, 0.15) is 61.1 Å². The van der Waals surface area contributed by atoms with Crippen molar-refractivity contribution in [2.45, 2.75) is 44.9 Å². The summed E-state index contributed by atoms with van der Waals surface area (Å²) in [4.78, 5) is 29.1. The third-order valence-corrected chi connectivity index (χ3v) is 3.80.